The minimum atomic E-state index is 0.109. The van der Waals surface area contributed by atoms with Crippen molar-refractivity contribution in [3.8, 4) is 0 Å². The van der Waals surface area contributed by atoms with Crippen molar-refractivity contribution in [3.05, 3.63) is 29.8 Å². The first kappa shape index (κ1) is 15.7. The predicted octanol–water partition coefficient (Wildman–Crippen LogP) is 3.42. The van der Waals surface area contributed by atoms with Gasteiger partial charge in [0.25, 0.3) is 0 Å². The summed E-state index contributed by atoms with van der Waals surface area (Å²) in [6.07, 6.45) is 0. The quantitative estimate of drug-likeness (QED) is 0.764. The maximum Gasteiger partial charge on any atom is 0.159 e. The second-order valence-electron chi connectivity index (χ2n) is 5.49. The van der Waals surface area contributed by atoms with Gasteiger partial charge >= 0.3 is 0 Å². The standard InChI is InChI=1S/C16H26N2O/c1-12(2)18(13(3)4)11-10-17-16-8-6-15(7-9-16)14(5)19/h6-9,12-13,17H,10-11H2,1-5H3. The fourth-order valence-electron chi connectivity index (χ4n) is 2.26. The number of carbonyl (C=O) groups is 1. The van der Waals surface area contributed by atoms with Crippen LogP contribution in [0.25, 0.3) is 0 Å². The third-order valence-electron chi connectivity index (χ3n) is 3.32. The smallest absolute Gasteiger partial charge is 0.159 e. The van der Waals surface area contributed by atoms with Gasteiger partial charge in [0.15, 0.2) is 5.78 Å². The first-order chi connectivity index (χ1) is 8.91. The minimum absolute atomic E-state index is 0.109. The molecule has 1 N–H and O–H groups in total. The van der Waals surface area contributed by atoms with Crippen LogP contribution in [0, 0.1) is 0 Å². The number of ketones is 1. The molecule has 1 aromatic rings. The molecule has 0 heterocycles. The molecular weight excluding hydrogens is 236 g/mol. The molecule has 19 heavy (non-hydrogen) atoms. The molecule has 0 aliphatic rings. The molecule has 0 aliphatic carbocycles. The second-order valence-corrected chi connectivity index (χ2v) is 5.49. The van der Waals surface area contributed by atoms with E-state index in [4.69, 9.17) is 0 Å². The maximum atomic E-state index is 11.2. The van der Waals surface area contributed by atoms with Crippen molar-refractivity contribution in [2.75, 3.05) is 18.4 Å². The average Bonchev–Trinajstić information content (AvgIpc) is 2.34. The lowest BCUT2D eigenvalue weighted by molar-refractivity contribution is 0.101. The van der Waals surface area contributed by atoms with E-state index >= 15 is 0 Å². The molecule has 0 saturated heterocycles. The summed E-state index contributed by atoms with van der Waals surface area (Å²) in [4.78, 5) is 13.6. The summed E-state index contributed by atoms with van der Waals surface area (Å²) in [5.74, 6) is 0.109. The number of carbonyl (C=O) groups excluding carboxylic acids is 1. The van der Waals surface area contributed by atoms with Crippen LogP contribution in [0.2, 0.25) is 0 Å². The zero-order valence-corrected chi connectivity index (χ0v) is 12.7. The Kier molecular flexibility index (Phi) is 6.03. The van der Waals surface area contributed by atoms with Crippen LogP contribution in [0.4, 0.5) is 5.69 Å². The molecule has 0 saturated carbocycles. The summed E-state index contributed by atoms with van der Waals surface area (Å²) >= 11 is 0. The Labute approximate surface area is 117 Å². The first-order valence-electron chi connectivity index (χ1n) is 7.02. The Balaban J connectivity index is 2.46. The summed E-state index contributed by atoms with van der Waals surface area (Å²) < 4.78 is 0. The van der Waals surface area contributed by atoms with Gasteiger partial charge in [-0.2, -0.15) is 0 Å². The Morgan fingerprint density at radius 3 is 2.05 bits per heavy atom. The number of benzene rings is 1. The summed E-state index contributed by atoms with van der Waals surface area (Å²) in [6, 6.07) is 8.78. The van der Waals surface area contributed by atoms with Crippen LogP contribution in [0.15, 0.2) is 24.3 Å². The fourth-order valence-corrected chi connectivity index (χ4v) is 2.26. The number of nitrogens with one attached hydrogen (secondary N) is 1. The van der Waals surface area contributed by atoms with E-state index in [9.17, 15) is 4.79 Å². The van der Waals surface area contributed by atoms with E-state index in [1.807, 2.05) is 24.3 Å². The topological polar surface area (TPSA) is 32.3 Å². The number of Topliss-reactive ketones (excluding diaryl/α,β-unsaturated/α-hetero) is 1. The zero-order valence-electron chi connectivity index (χ0n) is 12.7. The second kappa shape index (κ2) is 7.29. The van der Waals surface area contributed by atoms with Gasteiger partial charge in [-0.3, -0.25) is 9.69 Å². The molecule has 0 unspecified atom stereocenters. The summed E-state index contributed by atoms with van der Waals surface area (Å²) in [7, 11) is 0. The largest absolute Gasteiger partial charge is 0.384 e. The molecule has 0 atom stereocenters. The van der Waals surface area contributed by atoms with Gasteiger partial charge in [-0.05, 0) is 58.9 Å². The summed E-state index contributed by atoms with van der Waals surface area (Å²) in [5, 5.41) is 3.40. The number of hydrogen-bond acceptors (Lipinski definition) is 3. The van der Waals surface area contributed by atoms with Gasteiger partial charge < -0.3 is 5.32 Å². The molecule has 0 aliphatic heterocycles. The molecule has 0 amide bonds. The SMILES string of the molecule is CC(=O)c1ccc(NCCN(C(C)C)C(C)C)cc1. The lowest BCUT2D eigenvalue weighted by Crippen LogP contribution is -2.40. The summed E-state index contributed by atoms with van der Waals surface area (Å²) in [6.45, 7) is 12.4. The highest BCUT2D eigenvalue weighted by molar-refractivity contribution is 5.94. The van der Waals surface area contributed by atoms with Crippen molar-refractivity contribution >= 4 is 11.5 Å². The number of nitrogens with zero attached hydrogens (tertiary/aromatic N) is 1. The number of hydrogen-bond donors (Lipinski definition) is 1. The maximum absolute atomic E-state index is 11.2. The van der Waals surface area contributed by atoms with E-state index in [-0.39, 0.29) is 5.78 Å². The Morgan fingerprint density at radius 1 is 1.11 bits per heavy atom. The normalized spacial score (nSPS) is 11.4. The van der Waals surface area contributed by atoms with Gasteiger partial charge in [0.2, 0.25) is 0 Å². The molecule has 1 aromatic carbocycles. The van der Waals surface area contributed by atoms with E-state index in [0.717, 1.165) is 24.3 Å². The molecule has 1 rings (SSSR count). The highest BCUT2D eigenvalue weighted by Gasteiger charge is 2.12. The van der Waals surface area contributed by atoms with E-state index in [1.165, 1.54) is 0 Å². The molecule has 3 heteroatoms. The molecule has 0 bridgehead atoms. The van der Waals surface area contributed by atoms with Crippen LogP contribution in [0.1, 0.15) is 45.0 Å². The summed E-state index contributed by atoms with van der Waals surface area (Å²) in [5.41, 5.74) is 1.83. The van der Waals surface area contributed by atoms with Crippen molar-refractivity contribution in [2.24, 2.45) is 0 Å². The van der Waals surface area contributed by atoms with Crippen LogP contribution in [-0.4, -0.2) is 35.9 Å². The third kappa shape index (κ3) is 5.03. The average molecular weight is 262 g/mol. The Hall–Kier alpha value is -1.35. The molecule has 106 valence electrons. The molecule has 0 aromatic heterocycles. The van der Waals surface area contributed by atoms with Gasteiger partial charge in [-0.25, -0.2) is 0 Å². The van der Waals surface area contributed by atoms with E-state index in [1.54, 1.807) is 6.92 Å². The van der Waals surface area contributed by atoms with Crippen molar-refractivity contribution in [3.63, 3.8) is 0 Å². The van der Waals surface area contributed by atoms with Crippen LogP contribution in [0.5, 0.6) is 0 Å². The third-order valence-corrected chi connectivity index (χ3v) is 3.32. The van der Waals surface area contributed by atoms with Crippen LogP contribution < -0.4 is 5.32 Å². The van der Waals surface area contributed by atoms with Gasteiger partial charge in [0, 0.05) is 36.4 Å². The van der Waals surface area contributed by atoms with Gasteiger partial charge in [0.05, 0.1) is 0 Å². The van der Waals surface area contributed by atoms with Gasteiger partial charge in [-0.15, -0.1) is 0 Å². The highest BCUT2D eigenvalue weighted by Crippen LogP contribution is 2.10. The van der Waals surface area contributed by atoms with Crippen molar-refractivity contribution in [2.45, 2.75) is 46.7 Å². The monoisotopic (exact) mass is 262 g/mol. The van der Waals surface area contributed by atoms with Crippen molar-refractivity contribution < 1.29 is 4.79 Å². The van der Waals surface area contributed by atoms with Gasteiger partial charge in [-0.1, -0.05) is 0 Å². The zero-order chi connectivity index (χ0) is 14.4. The predicted molar refractivity (Wildman–Crippen MR) is 81.9 cm³/mol. The Bertz CT molecular complexity index is 388. The molecule has 0 fully saturated rings. The molecule has 3 nitrogen and oxygen atoms in total. The lowest BCUT2D eigenvalue weighted by atomic mass is 10.1. The van der Waals surface area contributed by atoms with Crippen molar-refractivity contribution in [1.29, 1.82) is 0 Å². The van der Waals surface area contributed by atoms with Crippen LogP contribution in [0.3, 0.4) is 0 Å². The highest BCUT2D eigenvalue weighted by atomic mass is 16.1. The van der Waals surface area contributed by atoms with E-state index in [2.05, 4.69) is 37.9 Å². The fraction of sp³-hybridized carbons (Fsp3) is 0.562. The Morgan fingerprint density at radius 2 is 1.63 bits per heavy atom. The molecule has 0 radical (unpaired) electrons. The van der Waals surface area contributed by atoms with Gasteiger partial charge in [0.1, 0.15) is 0 Å². The lowest BCUT2D eigenvalue weighted by Gasteiger charge is -2.30. The van der Waals surface area contributed by atoms with Crippen LogP contribution >= 0.6 is 0 Å². The van der Waals surface area contributed by atoms with Crippen molar-refractivity contribution in [1.82, 2.24) is 4.90 Å². The van der Waals surface area contributed by atoms with E-state index < -0.39 is 0 Å². The number of anilines is 1. The van der Waals surface area contributed by atoms with E-state index in [0.29, 0.717) is 12.1 Å². The first-order valence-corrected chi connectivity index (χ1v) is 7.02. The molecular formula is C16H26N2O. The van der Waals surface area contributed by atoms with Crippen LogP contribution in [-0.2, 0) is 0 Å². The minimum Gasteiger partial charge on any atom is -0.384 e. The number of rotatable bonds is 7. The molecule has 0 spiro atoms.